The first-order valence-electron chi connectivity index (χ1n) is 7.27. The largest absolute Gasteiger partial charge is 0.492 e. The molecule has 0 aromatic heterocycles. The molecular formula is C17H25NO2. The summed E-state index contributed by atoms with van der Waals surface area (Å²) in [4.78, 5) is 2.42. The van der Waals surface area contributed by atoms with Crippen LogP contribution in [0.15, 0.2) is 24.3 Å². The van der Waals surface area contributed by atoms with Crippen LogP contribution in [0.25, 0.3) is 0 Å². The Morgan fingerprint density at radius 3 is 2.50 bits per heavy atom. The molecule has 0 spiro atoms. The predicted octanol–water partition coefficient (Wildman–Crippen LogP) is 2.53. The van der Waals surface area contributed by atoms with E-state index >= 15 is 0 Å². The van der Waals surface area contributed by atoms with Gasteiger partial charge in [0.15, 0.2) is 0 Å². The van der Waals surface area contributed by atoms with E-state index in [0.717, 1.165) is 30.8 Å². The number of rotatable bonds is 7. The number of hydrogen-bond acceptors (Lipinski definition) is 3. The van der Waals surface area contributed by atoms with Gasteiger partial charge in [-0.15, -0.1) is 0 Å². The highest BCUT2D eigenvalue weighted by Crippen LogP contribution is 2.12. The molecule has 0 saturated heterocycles. The Morgan fingerprint density at radius 1 is 1.25 bits per heavy atom. The van der Waals surface area contributed by atoms with Gasteiger partial charge >= 0.3 is 0 Å². The van der Waals surface area contributed by atoms with Crippen molar-refractivity contribution in [3.8, 4) is 17.6 Å². The highest BCUT2D eigenvalue weighted by molar-refractivity contribution is 5.38. The lowest BCUT2D eigenvalue weighted by Crippen LogP contribution is -2.35. The highest BCUT2D eigenvalue weighted by Gasteiger charge is 2.09. The van der Waals surface area contributed by atoms with Crippen molar-refractivity contribution in [2.75, 3.05) is 26.3 Å². The zero-order chi connectivity index (χ0) is 14.8. The van der Waals surface area contributed by atoms with Crippen LogP contribution in [0.1, 0.15) is 32.8 Å². The van der Waals surface area contributed by atoms with Gasteiger partial charge in [-0.1, -0.05) is 25.7 Å². The molecule has 0 heterocycles. The van der Waals surface area contributed by atoms with Crippen molar-refractivity contribution >= 4 is 0 Å². The molecule has 3 heteroatoms. The van der Waals surface area contributed by atoms with Crippen LogP contribution < -0.4 is 4.74 Å². The number of aliphatic hydroxyl groups is 1. The van der Waals surface area contributed by atoms with E-state index < -0.39 is 0 Å². The van der Waals surface area contributed by atoms with Crippen LogP contribution in [0.2, 0.25) is 0 Å². The fourth-order valence-corrected chi connectivity index (χ4v) is 2.01. The molecule has 0 bridgehead atoms. The van der Waals surface area contributed by atoms with Gasteiger partial charge in [0, 0.05) is 18.2 Å². The predicted molar refractivity (Wildman–Crippen MR) is 82.9 cm³/mol. The maximum atomic E-state index is 8.64. The third kappa shape index (κ3) is 5.64. The first kappa shape index (κ1) is 16.6. The van der Waals surface area contributed by atoms with Crippen molar-refractivity contribution in [1.82, 2.24) is 4.90 Å². The number of nitrogens with zero attached hydrogens (tertiary/aromatic N) is 1. The second-order valence-corrected chi connectivity index (χ2v) is 4.72. The van der Waals surface area contributed by atoms with Gasteiger partial charge in [0.25, 0.3) is 0 Å². The van der Waals surface area contributed by atoms with E-state index in [9.17, 15) is 0 Å². The van der Waals surface area contributed by atoms with Gasteiger partial charge in [-0.25, -0.2) is 0 Å². The molecule has 20 heavy (non-hydrogen) atoms. The van der Waals surface area contributed by atoms with Crippen LogP contribution in [0.5, 0.6) is 5.75 Å². The van der Waals surface area contributed by atoms with Crippen LogP contribution in [0.3, 0.4) is 0 Å². The molecule has 0 radical (unpaired) electrons. The average Bonchev–Trinajstić information content (AvgIpc) is 2.50. The third-order valence-corrected chi connectivity index (χ3v) is 3.43. The van der Waals surface area contributed by atoms with Crippen LogP contribution in [0, 0.1) is 11.8 Å². The second kappa shape index (κ2) is 9.41. The van der Waals surface area contributed by atoms with Gasteiger partial charge in [0.05, 0.1) is 0 Å². The molecule has 1 N–H and O–H groups in total. The quantitative estimate of drug-likeness (QED) is 0.776. The van der Waals surface area contributed by atoms with Crippen molar-refractivity contribution in [3.05, 3.63) is 29.8 Å². The summed E-state index contributed by atoms with van der Waals surface area (Å²) in [5.74, 6) is 6.35. The van der Waals surface area contributed by atoms with Gasteiger partial charge in [-0.2, -0.15) is 0 Å². The Morgan fingerprint density at radius 2 is 1.95 bits per heavy atom. The van der Waals surface area contributed by atoms with Gasteiger partial charge in [0.2, 0.25) is 0 Å². The lowest BCUT2D eigenvalue weighted by Gasteiger charge is -2.26. The Labute approximate surface area is 122 Å². The van der Waals surface area contributed by atoms with Crippen LogP contribution >= 0.6 is 0 Å². The molecule has 0 amide bonds. The Kier molecular flexibility index (Phi) is 7.79. The Balaban J connectivity index is 2.42. The number of hydrogen-bond donors (Lipinski definition) is 1. The molecule has 0 saturated carbocycles. The number of benzene rings is 1. The van der Waals surface area contributed by atoms with E-state index in [-0.39, 0.29) is 6.61 Å². The van der Waals surface area contributed by atoms with E-state index in [0.29, 0.717) is 12.6 Å². The van der Waals surface area contributed by atoms with Gasteiger partial charge in [0.1, 0.15) is 19.0 Å². The minimum Gasteiger partial charge on any atom is -0.492 e. The zero-order valence-electron chi connectivity index (χ0n) is 12.7. The van der Waals surface area contributed by atoms with E-state index in [1.165, 1.54) is 0 Å². The van der Waals surface area contributed by atoms with Crippen molar-refractivity contribution in [2.45, 2.75) is 33.2 Å². The normalized spacial score (nSPS) is 11.8. The van der Waals surface area contributed by atoms with Crippen molar-refractivity contribution < 1.29 is 9.84 Å². The summed E-state index contributed by atoms with van der Waals surface area (Å²) in [6.07, 6.45) is 1.16. The second-order valence-electron chi connectivity index (χ2n) is 4.72. The molecule has 1 rings (SSSR count). The fraction of sp³-hybridized carbons (Fsp3) is 0.529. The molecular weight excluding hydrogens is 250 g/mol. The van der Waals surface area contributed by atoms with Crippen molar-refractivity contribution in [3.63, 3.8) is 0 Å². The zero-order valence-corrected chi connectivity index (χ0v) is 12.7. The monoisotopic (exact) mass is 275 g/mol. The van der Waals surface area contributed by atoms with Crippen LogP contribution in [0.4, 0.5) is 0 Å². The average molecular weight is 275 g/mol. The number of aliphatic hydroxyl groups excluding tert-OH is 1. The first-order chi connectivity index (χ1) is 9.71. The van der Waals surface area contributed by atoms with E-state index in [2.05, 4.69) is 37.5 Å². The molecule has 0 aliphatic heterocycles. The molecule has 0 fully saturated rings. The minimum atomic E-state index is -0.110. The molecule has 0 aliphatic rings. The maximum Gasteiger partial charge on any atom is 0.119 e. The Bertz CT molecular complexity index is 431. The summed E-state index contributed by atoms with van der Waals surface area (Å²) in [7, 11) is 0. The number of ether oxygens (including phenoxy) is 1. The lowest BCUT2D eigenvalue weighted by molar-refractivity contribution is 0.171. The fourth-order valence-electron chi connectivity index (χ4n) is 2.01. The summed E-state index contributed by atoms with van der Waals surface area (Å²) in [6, 6.07) is 8.25. The van der Waals surface area contributed by atoms with Crippen molar-refractivity contribution in [1.29, 1.82) is 0 Å². The van der Waals surface area contributed by atoms with Gasteiger partial charge in [-0.3, -0.25) is 4.90 Å². The van der Waals surface area contributed by atoms with Crippen LogP contribution in [-0.4, -0.2) is 42.4 Å². The Hall–Kier alpha value is -1.50. The van der Waals surface area contributed by atoms with E-state index in [1.54, 1.807) is 0 Å². The summed E-state index contributed by atoms with van der Waals surface area (Å²) in [5, 5.41) is 8.64. The SMILES string of the molecule is CCC(C)N(CC)CCOc1ccc(C#CCO)cc1. The summed E-state index contributed by atoms with van der Waals surface area (Å²) in [5.41, 5.74) is 0.890. The highest BCUT2D eigenvalue weighted by atomic mass is 16.5. The molecule has 0 aliphatic carbocycles. The summed E-state index contributed by atoms with van der Waals surface area (Å²) < 4.78 is 5.75. The molecule has 3 nitrogen and oxygen atoms in total. The number of likely N-dealkylation sites (N-methyl/N-ethyl adjacent to an activating group) is 1. The standard InChI is InChI=1S/C17H25NO2/c1-4-15(3)18(5-2)12-14-20-17-10-8-16(9-11-17)7-6-13-19/h8-11,15,19H,4-5,12-14H2,1-3H3. The van der Waals surface area contributed by atoms with Gasteiger partial charge < -0.3 is 9.84 Å². The first-order valence-corrected chi connectivity index (χ1v) is 7.27. The lowest BCUT2D eigenvalue weighted by atomic mass is 10.2. The van der Waals surface area contributed by atoms with E-state index in [1.807, 2.05) is 24.3 Å². The smallest absolute Gasteiger partial charge is 0.119 e. The van der Waals surface area contributed by atoms with Gasteiger partial charge in [-0.05, 0) is 44.2 Å². The van der Waals surface area contributed by atoms with Crippen LogP contribution in [-0.2, 0) is 0 Å². The molecule has 1 aromatic rings. The minimum absolute atomic E-state index is 0.110. The van der Waals surface area contributed by atoms with Crippen molar-refractivity contribution in [2.24, 2.45) is 0 Å². The molecule has 1 atom stereocenters. The molecule has 1 aromatic carbocycles. The third-order valence-electron chi connectivity index (χ3n) is 3.43. The van der Waals surface area contributed by atoms with E-state index in [4.69, 9.17) is 9.84 Å². The topological polar surface area (TPSA) is 32.7 Å². The molecule has 1 unspecified atom stereocenters. The summed E-state index contributed by atoms with van der Waals surface area (Å²) >= 11 is 0. The maximum absolute atomic E-state index is 8.64. The summed E-state index contributed by atoms with van der Waals surface area (Å²) in [6.45, 7) is 9.21. The molecule has 110 valence electrons.